The van der Waals surface area contributed by atoms with E-state index >= 15 is 0 Å². The smallest absolute Gasteiger partial charge is 0.241 e. The molecule has 1 spiro atoms. The summed E-state index contributed by atoms with van der Waals surface area (Å²) in [5.74, 6) is 1.27. The number of hydrogen-bond acceptors (Lipinski definition) is 4. The Morgan fingerprint density at radius 1 is 1.17 bits per heavy atom. The van der Waals surface area contributed by atoms with Crippen LogP contribution in [0.25, 0.3) is 10.8 Å². The molecule has 154 valence electrons. The monoisotopic (exact) mass is 411 g/mol. The van der Waals surface area contributed by atoms with Gasteiger partial charge >= 0.3 is 0 Å². The largest absolute Gasteiger partial charge is 0.343 e. The highest BCUT2D eigenvalue weighted by Gasteiger charge is 2.51. The zero-order valence-electron chi connectivity index (χ0n) is 17.2. The Balaban J connectivity index is 1.59. The van der Waals surface area contributed by atoms with Crippen LogP contribution < -0.4 is 5.32 Å². The minimum Gasteiger partial charge on any atom is -0.343 e. The first-order valence-corrected chi connectivity index (χ1v) is 11.7. The Morgan fingerprint density at radius 2 is 1.90 bits per heavy atom. The molecular weight excluding hydrogens is 382 g/mol. The topological polar surface area (TPSA) is 52.7 Å². The SMILES string of the molecule is CSCCC1NC2(CCN(C(C)=O)CC2)N(Cc2ccc3ccccc3c2)C1=O. The van der Waals surface area contributed by atoms with E-state index in [2.05, 4.69) is 46.8 Å². The first-order valence-electron chi connectivity index (χ1n) is 10.3. The van der Waals surface area contributed by atoms with Crippen molar-refractivity contribution in [1.29, 1.82) is 0 Å². The number of benzene rings is 2. The van der Waals surface area contributed by atoms with Crippen molar-refractivity contribution in [3.63, 3.8) is 0 Å². The van der Waals surface area contributed by atoms with Gasteiger partial charge in [-0.1, -0.05) is 36.4 Å². The van der Waals surface area contributed by atoms with Gasteiger partial charge in [0.2, 0.25) is 11.8 Å². The Hall–Kier alpha value is -2.05. The van der Waals surface area contributed by atoms with Crippen molar-refractivity contribution in [2.45, 2.75) is 44.4 Å². The molecule has 2 amide bonds. The summed E-state index contributed by atoms with van der Waals surface area (Å²) < 4.78 is 0. The van der Waals surface area contributed by atoms with Crippen LogP contribution in [0.3, 0.4) is 0 Å². The predicted octanol–water partition coefficient (Wildman–Crippen LogP) is 3.23. The number of carbonyl (C=O) groups excluding carboxylic acids is 2. The van der Waals surface area contributed by atoms with Crippen LogP contribution in [0, 0.1) is 0 Å². The fraction of sp³-hybridized carbons (Fsp3) is 0.478. The third-order valence-corrected chi connectivity index (χ3v) is 6.97. The molecule has 0 saturated carbocycles. The molecule has 4 rings (SSSR count). The third-order valence-electron chi connectivity index (χ3n) is 6.32. The summed E-state index contributed by atoms with van der Waals surface area (Å²) in [6.45, 7) is 3.62. The molecule has 0 radical (unpaired) electrons. The molecule has 1 unspecified atom stereocenters. The summed E-state index contributed by atoms with van der Waals surface area (Å²) in [6.07, 6.45) is 4.48. The van der Waals surface area contributed by atoms with E-state index < -0.39 is 0 Å². The third kappa shape index (κ3) is 4.01. The van der Waals surface area contributed by atoms with Crippen molar-refractivity contribution in [1.82, 2.24) is 15.1 Å². The molecule has 6 heteroatoms. The number of rotatable bonds is 5. The lowest BCUT2D eigenvalue weighted by Crippen LogP contribution is -2.59. The molecule has 0 aliphatic carbocycles. The van der Waals surface area contributed by atoms with Crippen LogP contribution in [0.4, 0.5) is 0 Å². The van der Waals surface area contributed by atoms with Crippen LogP contribution in [0.5, 0.6) is 0 Å². The molecular formula is C23H29N3O2S. The summed E-state index contributed by atoms with van der Waals surface area (Å²) in [5.41, 5.74) is 0.801. The number of nitrogens with zero attached hydrogens (tertiary/aromatic N) is 2. The maximum atomic E-state index is 13.3. The van der Waals surface area contributed by atoms with E-state index in [0.717, 1.165) is 30.6 Å². The molecule has 1 N–H and O–H groups in total. The maximum Gasteiger partial charge on any atom is 0.241 e. The molecule has 29 heavy (non-hydrogen) atoms. The van der Waals surface area contributed by atoms with Crippen molar-refractivity contribution in [3.05, 3.63) is 48.0 Å². The zero-order valence-corrected chi connectivity index (χ0v) is 18.0. The molecule has 2 aliphatic heterocycles. The number of carbonyl (C=O) groups is 2. The van der Waals surface area contributed by atoms with Crippen molar-refractivity contribution in [2.75, 3.05) is 25.1 Å². The van der Waals surface area contributed by atoms with Crippen LogP contribution in [0.1, 0.15) is 31.7 Å². The fourth-order valence-corrected chi connectivity index (χ4v) is 5.12. The molecule has 5 nitrogen and oxygen atoms in total. The minimum atomic E-state index is -0.349. The van der Waals surface area contributed by atoms with Gasteiger partial charge in [-0.3, -0.25) is 14.9 Å². The number of hydrogen-bond donors (Lipinski definition) is 1. The number of thioether (sulfide) groups is 1. The molecule has 2 heterocycles. The van der Waals surface area contributed by atoms with Gasteiger partial charge in [0.25, 0.3) is 0 Å². The molecule has 2 saturated heterocycles. The van der Waals surface area contributed by atoms with Gasteiger partial charge in [0.15, 0.2) is 0 Å². The quantitative estimate of drug-likeness (QED) is 0.821. The summed E-state index contributed by atoms with van der Waals surface area (Å²) in [4.78, 5) is 29.1. The van der Waals surface area contributed by atoms with E-state index in [-0.39, 0.29) is 23.5 Å². The number of amides is 2. The first-order chi connectivity index (χ1) is 14.0. The maximum absolute atomic E-state index is 13.3. The van der Waals surface area contributed by atoms with Gasteiger partial charge in [-0.25, -0.2) is 0 Å². The average Bonchev–Trinajstić information content (AvgIpc) is 2.98. The first kappa shape index (κ1) is 20.2. The van der Waals surface area contributed by atoms with Gasteiger partial charge in [0.1, 0.15) is 0 Å². The van der Waals surface area contributed by atoms with Gasteiger partial charge < -0.3 is 9.80 Å². The van der Waals surface area contributed by atoms with Gasteiger partial charge in [-0.2, -0.15) is 11.8 Å². The highest BCUT2D eigenvalue weighted by atomic mass is 32.2. The van der Waals surface area contributed by atoms with E-state index in [1.165, 1.54) is 10.8 Å². The lowest BCUT2D eigenvalue weighted by atomic mass is 9.95. The Labute approximate surface area is 176 Å². The fourth-order valence-electron chi connectivity index (χ4n) is 4.65. The molecule has 0 aromatic heterocycles. The van der Waals surface area contributed by atoms with E-state index in [4.69, 9.17) is 0 Å². The van der Waals surface area contributed by atoms with E-state index in [9.17, 15) is 9.59 Å². The molecule has 0 bridgehead atoms. The second-order valence-electron chi connectivity index (χ2n) is 8.12. The Bertz CT molecular complexity index is 908. The molecule has 2 aromatic rings. The van der Waals surface area contributed by atoms with E-state index in [1.807, 2.05) is 17.0 Å². The summed E-state index contributed by atoms with van der Waals surface area (Å²) in [5, 5.41) is 6.09. The van der Waals surface area contributed by atoms with E-state index in [1.54, 1.807) is 18.7 Å². The zero-order chi connectivity index (χ0) is 20.4. The number of likely N-dealkylation sites (tertiary alicyclic amines) is 1. The molecule has 2 fully saturated rings. The standard InChI is InChI=1S/C23H29N3O2S/c1-17(27)25-12-10-23(11-13-25)24-21(9-14-29-2)22(28)26(23)16-18-7-8-19-5-3-4-6-20(19)15-18/h3-8,15,21,24H,9-14,16H2,1-2H3. The second-order valence-corrected chi connectivity index (χ2v) is 9.11. The van der Waals surface area contributed by atoms with Crippen LogP contribution in [0.2, 0.25) is 0 Å². The lowest BCUT2D eigenvalue weighted by molar-refractivity contribution is -0.136. The van der Waals surface area contributed by atoms with Crippen LogP contribution in [-0.4, -0.2) is 58.4 Å². The normalized spacial score (nSPS) is 21.3. The van der Waals surface area contributed by atoms with Gasteiger partial charge in [0.05, 0.1) is 11.7 Å². The highest BCUT2D eigenvalue weighted by molar-refractivity contribution is 7.98. The van der Waals surface area contributed by atoms with Crippen molar-refractivity contribution in [2.24, 2.45) is 0 Å². The Kier molecular flexibility index (Phi) is 5.83. The van der Waals surface area contributed by atoms with Crippen LogP contribution in [0.15, 0.2) is 42.5 Å². The molecule has 1 atom stereocenters. The minimum absolute atomic E-state index is 0.115. The molecule has 2 aromatic carbocycles. The van der Waals surface area contributed by atoms with Crippen molar-refractivity contribution >= 4 is 34.3 Å². The highest BCUT2D eigenvalue weighted by Crippen LogP contribution is 2.35. The Morgan fingerprint density at radius 3 is 2.59 bits per heavy atom. The second kappa shape index (κ2) is 8.36. The van der Waals surface area contributed by atoms with Crippen molar-refractivity contribution < 1.29 is 9.59 Å². The van der Waals surface area contributed by atoms with Crippen LogP contribution >= 0.6 is 11.8 Å². The summed E-state index contributed by atoms with van der Waals surface area (Å²) in [7, 11) is 0. The molecule has 2 aliphatic rings. The summed E-state index contributed by atoms with van der Waals surface area (Å²) in [6, 6.07) is 14.6. The van der Waals surface area contributed by atoms with Crippen molar-refractivity contribution in [3.8, 4) is 0 Å². The van der Waals surface area contributed by atoms with Crippen LogP contribution in [-0.2, 0) is 16.1 Å². The van der Waals surface area contributed by atoms with Gasteiger partial charge in [0, 0.05) is 39.4 Å². The number of piperidine rings is 1. The van der Waals surface area contributed by atoms with Gasteiger partial charge in [-0.15, -0.1) is 0 Å². The average molecular weight is 412 g/mol. The lowest BCUT2D eigenvalue weighted by Gasteiger charge is -2.44. The van der Waals surface area contributed by atoms with E-state index in [0.29, 0.717) is 19.6 Å². The van der Waals surface area contributed by atoms with Gasteiger partial charge in [-0.05, 0) is 40.8 Å². The number of nitrogens with one attached hydrogen (secondary N) is 1. The predicted molar refractivity (Wildman–Crippen MR) is 119 cm³/mol. The summed E-state index contributed by atoms with van der Waals surface area (Å²) >= 11 is 1.77. The number of fused-ring (bicyclic) bond motifs is 1.